The Balaban J connectivity index is 1.90. The van der Waals surface area contributed by atoms with Gasteiger partial charge in [0.2, 0.25) is 5.91 Å². The van der Waals surface area contributed by atoms with Gasteiger partial charge in [-0.05, 0) is 41.8 Å². The van der Waals surface area contributed by atoms with E-state index in [-0.39, 0.29) is 5.91 Å². The van der Waals surface area contributed by atoms with Crippen LogP contribution in [0.4, 0.5) is 0 Å². The van der Waals surface area contributed by atoms with E-state index in [0.717, 1.165) is 11.1 Å². The Kier molecular flexibility index (Phi) is 4.97. The lowest BCUT2D eigenvalue weighted by Gasteiger charge is -2.05. The van der Waals surface area contributed by atoms with Gasteiger partial charge < -0.3 is 5.32 Å². The van der Waals surface area contributed by atoms with Gasteiger partial charge in [0.25, 0.3) is 0 Å². The van der Waals surface area contributed by atoms with Crippen LogP contribution in [0.3, 0.4) is 0 Å². The van der Waals surface area contributed by atoms with E-state index in [2.05, 4.69) is 5.32 Å². The van der Waals surface area contributed by atoms with Crippen LogP contribution in [0.15, 0.2) is 54.6 Å². The number of rotatable bonds is 4. The van der Waals surface area contributed by atoms with Crippen LogP contribution < -0.4 is 5.32 Å². The highest BCUT2D eigenvalue weighted by Gasteiger charge is 1.99. The van der Waals surface area contributed by atoms with Crippen molar-refractivity contribution >= 4 is 23.6 Å². The van der Waals surface area contributed by atoms with Crippen molar-refractivity contribution in [3.8, 4) is 0 Å². The van der Waals surface area contributed by atoms with E-state index in [0.29, 0.717) is 11.6 Å². The van der Waals surface area contributed by atoms with Crippen LogP contribution in [0.5, 0.6) is 0 Å². The maximum absolute atomic E-state index is 11.7. The molecule has 0 saturated heterocycles. The van der Waals surface area contributed by atoms with Gasteiger partial charge in [0.1, 0.15) is 0 Å². The molecule has 0 aromatic heterocycles. The zero-order valence-corrected chi connectivity index (χ0v) is 12.0. The van der Waals surface area contributed by atoms with E-state index < -0.39 is 0 Å². The number of amides is 1. The molecule has 102 valence electrons. The van der Waals surface area contributed by atoms with Gasteiger partial charge in [-0.25, -0.2) is 0 Å². The quantitative estimate of drug-likeness (QED) is 0.846. The van der Waals surface area contributed by atoms with Crippen LogP contribution in [-0.2, 0) is 11.3 Å². The Morgan fingerprint density at radius 2 is 1.85 bits per heavy atom. The van der Waals surface area contributed by atoms with Crippen molar-refractivity contribution in [1.29, 1.82) is 0 Å². The van der Waals surface area contributed by atoms with Gasteiger partial charge in [-0.1, -0.05) is 48.0 Å². The summed E-state index contributed by atoms with van der Waals surface area (Å²) in [4.78, 5) is 11.7. The third kappa shape index (κ3) is 4.25. The summed E-state index contributed by atoms with van der Waals surface area (Å²) in [6.45, 7) is 2.57. The van der Waals surface area contributed by atoms with Crippen LogP contribution in [0.2, 0.25) is 5.02 Å². The third-order valence-corrected chi connectivity index (χ3v) is 3.26. The van der Waals surface area contributed by atoms with E-state index in [1.54, 1.807) is 18.2 Å². The standard InChI is InChI=1S/C17H16ClNO/c1-13-4-2-3-5-15(13)12-19-17(20)11-8-14-6-9-16(18)10-7-14/h2-11H,12H2,1H3,(H,19,20)/b11-8+. The fourth-order valence-corrected chi connectivity index (χ4v) is 1.92. The molecule has 2 rings (SSSR count). The summed E-state index contributed by atoms with van der Waals surface area (Å²) < 4.78 is 0. The van der Waals surface area contributed by atoms with E-state index in [1.807, 2.05) is 43.3 Å². The number of hydrogen-bond donors (Lipinski definition) is 1. The van der Waals surface area contributed by atoms with Crippen LogP contribution in [0.1, 0.15) is 16.7 Å². The lowest BCUT2D eigenvalue weighted by atomic mass is 10.1. The Morgan fingerprint density at radius 1 is 1.15 bits per heavy atom. The molecule has 2 aromatic carbocycles. The first-order valence-electron chi connectivity index (χ1n) is 6.41. The van der Waals surface area contributed by atoms with Crippen molar-refractivity contribution < 1.29 is 4.79 Å². The van der Waals surface area contributed by atoms with Crippen LogP contribution >= 0.6 is 11.6 Å². The van der Waals surface area contributed by atoms with Gasteiger partial charge in [-0.3, -0.25) is 4.79 Å². The molecular formula is C17H16ClNO. The van der Waals surface area contributed by atoms with Crippen molar-refractivity contribution in [3.05, 3.63) is 76.3 Å². The largest absolute Gasteiger partial charge is 0.348 e. The Hall–Kier alpha value is -2.06. The normalized spacial score (nSPS) is 10.7. The van der Waals surface area contributed by atoms with Crippen LogP contribution in [0, 0.1) is 6.92 Å². The predicted octanol–water partition coefficient (Wildman–Crippen LogP) is 3.98. The zero-order chi connectivity index (χ0) is 14.4. The van der Waals surface area contributed by atoms with Crippen molar-refractivity contribution in [1.82, 2.24) is 5.32 Å². The molecule has 0 unspecified atom stereocenters. The second-order valence-corrected chi connectivity index (χ2v) is 4.97. The summed E-state index contributed by atoms with van der Waals surface area (Å²) >= 11 is 5.80. The lowest BCUT2D eigenvalue weighted by Crippen LogP contribution is -2.20. The molecule has 0 saturated carbocycles. The lowest BCUT2D eigenvalue weighted by molar-refractivity contribution is -0.116. The summed E-state index contributed by atoms with van der Waals surface area (Å²) in [6, 6.07) is 15.3. The fraction of sp³-hybridized carbons (Fsp3) is 0.118. The highest BCUT2D eigenvalue weighted by atomic mass is 35.5. The minimum atomic E-state index is -0.108. The maximum atomic E-state index is 11.7. The number of aryl methyl sites for hydroxylation is 1. The number of benzene rings is 2. The van der Waals surface area contributed by atoms with Crippen molar-refractivity contribution in [2.45, 2.75) is 13.5 Å². The molecular weight excluding hydrogens is 270 g/mol. The number of nitrogens with one attached hydrogen (secondary N) is 1. The molecule has 0 aliphatic heterocycles. The van der Waals surface area contributed by atoms with Crippen molar-refractivity contribution in [2.75, 3.05) is 0 Å². The molecule has 3 heteroatoms. The number of carbonyl (C=O) groups is 1. The highest BCUT2D eigenvalue weighted by molar-refractivity contribution is 6.30. The van der Waals surface area contributed by atoms with Gasteiger partial charge in [0.15, 0.2) is 0 Å². The summed E-state index contributed by atoms with van der Waals surface area (Å²) in [6.07, 6.45) is 3.30. The average molecular weight is 286 g/mol. The summed E-state index contributed by atoms with van der Waals surface area (Å²) in [5.41, 5.74) is 3.25. The van der Waals surface area contributed by atoms with E-state index in [9.17, 15) is 4.79 Å². The first-order chi connectivity index (χ1) is 9.65. The van der Waals surface area contributed by atoms with E-state index in [4.69, 9.17) is 11.6 Å². The zero-order valence-electron chi connectivity index (χ0n) is 11.3. The van der Waals surface area contributed by atoms with Gasteiger partial charge in [-0.15, -0.1) is 0 Å². The number of halogens is 1. The first-order valence-corrected chi connectivity index (χ1v) is 6.79. The average Bonchev–Trinajstić information content (AvgIpc) is 2.46. The smallest absolute Gasteiger partial charge is 0.244 e. The second kappa shape index (κ2) is 6.92. The molecule has 0 atom stereocenters. The van der Waals surface area contributed by atoms with E-state index >= 15 is 0 Å². The third-order valence-electron chi connectivity index (χ3n) is 3.01. The fourth-order valence-electron chi connectivity index (χ4n) is 1.80. The maximum Gasteiger partial charge on any atom is 0.244 e. The Bertz CT molecular complexity index is 617. The minimum Gasteiger partial charge on any atom is -0.348 e. The SMILES string of the molecule is Cc1ccccc1CNC(=O)/C=C/c1ccc(Cl)cc1. The molecule has 1 amide bonds. The predicted molar refractivity (Wildman–Crippen MR) is 83.5 cm³/mol. The van der Waals surface area contributed by atoms with Gasteiger partial charge in [0.05, 0.1) is 0 Å². The van der Waals surface area contributed by atoms with Gasteiger partial charge >= 0.3 is 0 Å². The second-order valence-electron chi connectivity index (χ2n) is 4.53. The highest BCUT2D eigenvalue weighted by Crippen LogP contribution is 2.10. The van der Waals surface area contributed by atoms with Gasteiger partial charge in [0, 0.05) is 17.6 Å². The van der Waals surface area contributed by atoms with Gasteiger partial charge in [-0.2, -0.15) is 0 Å². The Labute approximate surface area is 124 Å². The Morgan fingerprint density at radius 3 is 2.55 bits per heavy atom. The topological polar surface area (TPSA) is 29.1 Å². The van der Waals surface area contributed by atoms with Crippen LogP contribution in [-0.4, -0.2) is 5.91 Å². The molecule has 0 bridgehead atoms. The molecule has 20 heavy (non-hydrogen) atoms. The molecule has 0 aliphatic rings. The van der Waals surface area contributed by atoms with E-state index in [1.165, 1.54) is 11.6 Å². The molecule has 2 nitrogen and oxygen atoms in total. The molecule has 0 fully saturated rings. The molecule has 0 radical (unpaired) electrons. The monoisotopic (exact) mass is 285 g/mol. The first kappa shape index (κ1) is 14.4. The minimum absolute atomic E-state index is 0.108. The molecule has 0 aliphatic carbocycles. The molecule has 0 spiro atoms. The number of carbonyl (C=O) groups excluding carboxylic acids is 1. The molecule has 0 heterocycles. The van der Waals surface area contributed by atoms with Crippen molar-refractivity contribution in [2.24, 2.45) is 0 Å². The molecule has 1 N–H and O–H groups in total. The van der Waals surface area contributed by atoms with Crippen LogP contribution in [0.25, 0.3) is 6.08 Å². The summed E-state index contributed by atoms with van der Waals surface area (Å²) in [5.74, 6) is -0.108. The van der Waals surface area contributed by atoms with Crippen molar-refractivity contribution in [3.63, 3.8) is 0 Å². The molecule has 2 aromatic rings. The summed E-state index contributed by atoms with van der Waals surface area (Å²) in [7, 11) is 0. The summed E-state index contributed by atoms with van der Waals surface area (Å²) in [5, 5.41) is 3.56. The number of hydrogen-bond acceptors (Lipinski definition) is 1.